The predicted molar refractivity (Wildman–Crippen MR) is 111 cm³/mol. The SMILES string of the molecule is Cn1ccnc1C(O)(CCNC(=O)c1sccc1S(=O)(=O)N1CCSCC1)C(F)(F)F. The number of thiophene rings is 1. The summed E-state index contributed by atoms with van der Waals surface area (Å²) in [7, 11) is -2.57. The maximum atomic E-state index is 13.6. The largest absolute Gasteiger partial charge is 0.424 e. The van der Waals surface area contributed by atoms with Gasteiger partial charge >= 0.3 is 6.18 Å². The number of imidazole rings is 1. The summed E-state index contributed by atoms with van der Waals surface area (Å²) in [5, 5.41) is 14.1. The standard InChI is InChI=1S/C17H21F3N4O4S3/c1-23-6-5-22-15(23)16(26,17(18,19)20)3-4-21-14(25)13-12(2-9-30-13)31(27,28)24-7-10-29-11-8-24/h2,5-6,9,26H,3-4,7-8,10-11H2,1H3,(H,21,25). The molecule has 1 aliphatic heterocycles. The van der Waals surface area contributed by atoms with Crippen LogP contribution in [0.5, 0.6) is 0 Å². The van der Waals surface area contributed by atoms with Crippen molar-refractivity contribution in [3.63, 3.8) is 0 Å². The molecule has 1 saturated heterocycles. The van der Waals surface area contributed by atoms with Crippen molar-refractivity contribution in [2.45, 2.75) is 23.1 Å². The Bertz CT molecular complexity index is 1030. The summed E-state index contributed by atoms with van der Waals surface area (Å²) in [4.78, 5) is 15.9. The van der Waals surface area contributed by atoms with Crippen molar-refractivity contribution in [2.24, 2.45) is 7.05 Å². The molecule has 172 valence electrons. The molecular formula is C17H21F3N4O4S3. The second-order valence-electron chi connectivity index (χ2n) is 6.86. The Kier molecular flexibility index (Phi) is 7.05. The van der Waals surface area contributed by atoms with Gasteiger partial charge in [-0.15, -0.1) is 11.3 Å². The lowest BCUT2D eigenvalue weighted by Gasteiger charge is -2.30. The van der Waals surface area contributed by atoms with Crippen LogP contribution in [-0.2, 0) is 22.7 Å². The van der Waals surface area contributed by atoms with Gasteiger partial charge in [-0.05, 0) is 11.4 Å². The molecule has 31 heavy (non-hydrogen) atoms. The van der Waals surface area contributed by atoms with Gasteiger partial charge in [0.05, 0.1) is 0 Å². The molecule has 3 heterocycles. The first kappa shape index (κ1) is 24.0. The molecule has 1 amide bonds. The zero-order valence-electron chi connectivity index (χ0n) is 16.4. The summed E-state index contributed by atoms with van der Waals surface area (Å²) in [6.45, 7) is 0.109. The first-order chi connectivity index (χ1) is 14.5. The molecule has 1 atom stereocenters. The molecule has 0 saturated carbocycles. The monoisotopic (exact) mass is 498 g/mol. The smallest absolute Gasteiger partial charge is 0.374 e. The van der Waals surface area contributed by atoms with Crippen LogP contribution in [0.3, 0.4) is 0 Å². The molecule has 8 nitrogen and oxygen atoms in total. The van der Waals surface area contributed by atoms with E-state index in [1.807, 2.05) is 0 Å². The zero-order valence-corrected chi connectivity index (χ0v) is 18.9. The molecule has 1 unspecified atom stereocenters. The Labute approximate surface area is 185 Å². The number of hydrogen-bond donors (Lipinski definition) is 2. The number of nitrogens with one attached hydrogen (secondary N) is 1. The van der Waals surface area contributed by atoms with Crippen molar-refractivity contribution < 1.29 is 31.5 Å². The van der Waals surface area contributed by atoms with Crippen LogP contribution >= 0.6 is 23.1 Å². The first-order valence-corrected chi connectivity index (χ1v) is 12.7. The van der Waals surface area contributed by atoms with Gasteiger partial charge in [-0.3, -0.25) is 4.79 Å². The number of carbonyl (C=O) groups excluding carboxylic acids is 1. The van der Waals surface area contributed by atoms with E-state index in [9.17, 15) is 31.5 Å². The molecule has 0 spiro atoms. The fourth-order valence-corrected chi connectivity index (χ4v) is 7.07. The number of aryl methyl sites for hydroxylation is 1. The van der Waals surface area contributed by atoms with Crippen molar-refractivity contribution in [3.05, 3.63) is 34.5 Å². The number of sulfonamides is 1. The van der Waals surface area contributed by atoms with Crippen molar-refractivity contribution in [1.82, 2.24) is 19.2 Å². The zero-order chi connectivity index (χ0) is 22.9. The van der Waals surface area contributed by atoms with Gasteiger partial charge in [0, 0.05) is 57.0 Å². The van der Waals surface area contributed by atoms with E-state index >= 15 is 0 Å². The van der Waals surface area contributed by atoms with Crippen LogP contribution < -0.4 is 5.32 Å². The number of hydrogen-bond acceptors (Lipinski definition) is 7. The lowest BCUT2D eigenvalue weighted by atomic mass is 9.97. The number of thioether (sulfide) groups is 1. The number of rotatable bonds is 7. The number of carbonyl (C=O) groups is 1. The van der Waals surface area contributed by atoms with Gasteiger partial charge < -0.3 is 15.0 Å². The average Bonchev–Trinajstić information content (AvgIpc) is 3.37. The second-order valence-corrected chi connectivity index (χ2v) is 10.9. The normalized spacial score (nSPS) is 18.0. The Balaban J connectivity index is 1.73. The van der Waals surface area contributed by atoms with Crippen LogP contribution in [0.4, 0.5) is 13.2 Å². The summed E-state index contributed by atoms with van der Waals surface area (Å²) in [5.74, 6) is -0.122. The number of alkyl halides is 3. The van der Waals surface area contributed by atoms with E-state index in [-0.39, 0.29) is 9.77 Å². The highest BCUT2D eigenvalue weighted by Crippen LogP contribution is 2.40. The summed E-state index contributed by atoms with van der Waals surface area (Å²) in [6, 6.07) is 1.32. The van der Waals surface area contributed by atoms with E-state index < -0.39 is 46.5 Å². The lowest BCUT2D eigenvalue weighted by molar-refractivity contribution is -0.272. The molecule has 0 bridgehead atoms. The van der Waals surface area contributed by atoms with E-state index in [1.165, 1.54) is 29.0 Å². The fourth-order valence-electron chi connectivity index (χ4n) is 3.17. The van der Waals surface area contributed by atoms with E-state index in [4.69, 9.17) is 0 Å². The van der Waals surface area contributed by atoms with E-state index in [2.05, 4.69) is 10.3 Å². The highest BCUT2D eigenvalue weighted by molar-refractivity contribution is 7.99. The third-order valence-corrected chi connectivity index (χ3v) is 8.78. The summed E-state index contributed by atoms with van der Waals surface area (Å²) in [6.07, 6.45) is -3.51. The van der Waals surface area contributed by atoms with Gasteiger partial charge in [-0.2, -0.15) is 29.2 Å². The fraction of sp³-hybridized carbons (Fsp3) is 0.529. The van der Waals surface area contributed by atoms with Crippen LogP contribution in [0.2, 0.25) is 0 Å². The quantitative estimate of drug-likeness (QED) is 0.603. The molecule has 1 fully saturated rings. The van der Waals surface area contributed by atoms with E-state index in [0.717, 1.165) is 22.1 Å². The summed E-state index contributed by atoms with van der Waals surface area (Å²) in [5.41, 5.74) is -3.27. The molecule has 2 N–H and O–H groups in total. The highest BCUT2D eigenvalue weighted by atomic mass is 32.2. The second kappa shape index (κ2) is 9.10. The number of nitrogens with zero attached hydrogens (tertiary/aromatic N) is 3. The van der Waals surface area contributed by atoms with Gasteiger partial charge in [0.15, 0.2) is 0 Å². The van der Waals surface area contributed by atoms with Crippen molar-refractivity contribution in [2.75, 3.05) is 31.1 Å². The first-order valence-electron chi connectivity index (χ1n) is 9.19. The van der Waals surface area contributed by atoms with E-state index in [0.29, 0.717) is 24.6 Å². The van der Waals surface area contributed by atoms with Gasteiger partial charge in [-0.1, -0.05) is 0 Å². The highest BCUT2D eigenvalue weighted by Gasteiger charge is 2.57. The molecular weight excluding hydrogens is 477 g/mol. The molecule has 0 aliphatic carbocycles. The van der Waals surface area contributed by atoms with Gasteiger partial charge in [0.25, 0.3) is 5.91 Å². The Morgan fingerprint density at radius 1 is 1.32 bits per heavy atom. The minimum absolute atomic E-state index is 0.106. The van der Waals surface area contributed by atoms with E-state index in [1.54, 1.807) is 11.8 Å². The van der Waals surface area contributed by atoms with Crippen LogP contribution in [0, 0.1) is 0 Å². The van der Waals surface area contributed by atoms with Crippen molar-refractivity contribution in [3.8, 4) is 0 Å². The molecule has 0 radical (unpaired) electrons. The molecule has 2 aromatic rings. The minimum atomic E-state index is -5.03. The number of halogens is 3. The number of aromatic nitrogens is 2. The summed E-state index contributed by atoms with van der Waals surface area (Å²) < 4.78 is 68.8. The molecule has 14 heteroatoms. The van der Waals surface area contributed by atoms with Crippen LogP contribution in [0.25, 0.3) is 0 Å². The number of aliphatic hydroxyl groups is 1. The molecule has 0 aromatic carbocycles. The van der Waals surface area contributed by atoms with Crippen LogP contribution in [-0.4, -0.2) is 70.6 Å². The Hall–Kier alpha value is -1.61. The van der Waals surface area contributed by atoms with Gasteiger partial charge in [-0.25, -0.2) is 13.4 Å². The Morgan fingerprint density at radius 2 is 2.00 bits per heavy atom. The lowest BCUT2D eigenvalue weighted by Crippen LogP contribution is -2.46. The van der Waals surface area contributed by atoms with Gasteiger partial charge in [0.1, 0.15) is 15.6 Å². The third-order valence-electron chi connectivity index (χ3n) is 4.86. The maximum absolute atomic E-state index is 13.6. The molecule has 1 aliphatic rings. The van der Waals surface area contributed by atoms with Gasteiger partial charge in [0.2, 0.25) is 15.6 Å². The topological polar surface area (TPSA) is 105 Å². The van der Waals surface area contributed by atoms with Crippen LogP contribution in [0.1, 0.15) is 21.9 Å². The average molecular weight is 499 g/mol. The van der Waals surface area contributed by atoms with Crippen molar-refractivity contribution in [1.29, 1.82) is 0 Å². The van der Waals surface area contributed by atoms with Crippen molar-refractivity contribution >= 4 is 39.0 Å². The molecule has 3 rings (SSSR count). The minimum Gasteiger partial charge on any atom is -0.374 e. The third kappa shape index (κ3) is 4.77. The van der Waals surface area contributed by atoms with Crippen LogP contribution in [0.15, 0.2) is 28.7 Å². The number of amides is 1. The maximum Gasteiger partial charge on any atom is 0.424 e. The molecule has 2 aromatic heterocycles. The Morgan fingerprint density at radius 3 is 2.58 bits per heavy atom. The predicted octanol–water partition coefficient (Wildman–Crippen LogP) is 1.79. The summed E-state index contributed by atoms with van der Waals surface area (Å²) >= 11 is 2.52.